The Balaban J connectivity index is 1.40. The van der Waals surface area contributed by atoms with Crippen molar-refractivity contribution in [2.24, 2.45) is 5.41 Å². The summed E-state index contributed by atoms with van der Waals surface area (Å²) in [6.45, 7) is 3.02. The van der Waals surface area contributed by atoms with Crippen molar-refractivity contribution in [3.63, 3.8) is 0 Å². The van der Waals surface area contributed by atoms with Gasteiger partial charge in [-0.15, -0.1) is 0 Å². The van der Waals surface area contributed by atoms with Crippen LogP contribution in [0.2, 0.25) is 0 Å². The molecule has 3 aromatic rings. The van der Waals surface area contributed by atoms with Gasteiger partial charge in [-0.2, -0.15) is 10.4 Å². The molecule has 31 heavy (non-hydrogen) atoms. The summed E-state index contributed by atoms with van der Waals surface area (Å²) in [7, 11) is 0. The van der Waals surface area contributed by atoms with Crippen molar-refractivity contribution in [3.8, 4) is 11.9 Å². The van der Waals surface area contributed by atoms with Crippen molar-refractivity contribution in [3.05, 3.63) is 41.9 Å². The predicted molar refractivity (Wildman–Crippen MR) is 116 cm³/mol. The number of alkyl halides is 1. The number of aromatic nitrogens is 4. The zero-order valence-corrected chi connectivity index (χ0v) is 17.7. The summed E-state index contributed by atoms with van der Waals surface area (Å²) in [4.78, 5) is 11.2. The Morgan fingerprint density at radius 1 is 1.16 bits per heavy atom. The van der Waals surface area contributed by atoms with E-state index in [1.54, 1.807) is 0 Å². The van der Waals surface area contributed by atoms with Crippen molar-refractivity contribution in [2.75, 3.05) is 18.0 Å². The molecule has 6 nitrogen and oxygen atoms in total. The molecule has 3 aliphatic rings. The number of piperidine rings is 1. The Labute approximate surface area is 180 Å². The quantitative estimate of drug-likeness (QED) is 0.633. The van der Waals surface area contributed by atoms with Crippen LogP contribution in [0.25, 0.3) is 16.7 Å². The molecule has 1 spiro atoms. The normalized spacial score (nSPS) is 23.5. The number of nitriles is 1. The number of rotatable bonds is 3. The van der Waals surface area contributed by atoms with E-state index < -0.39 is 6.17 Å². The lowest BCUT2D eigenvalue weighted by atomic mass is 9.57. The van der Waals surface area contributed by atoms with Gasteiger partial charge < -0.3 is 4.90 Å². The van der Waals surface area contributed by atoms with Crippen molar-refractivity contribution in [1.82, 2.24) is 19.7 Å². The van der Waals surface area contributed by atoms with Gasteiger partial charge in [0.05, 0.1) is 29.7 Å². The van der Waals surface area contributed by atoms with Gasteiger partial charge in [-0.05, 0) is 62.5 Å². The van der Waals surface area contributed by atoms with E-state index in [9.17, 15) is 9.65 Å². The van der Waals surface area contributed by atoms with Gasteiger partial charge in [-0.25, -0.2) is 19.0 Å². The maximum atomic E-state index is 14.0. The Bertz CT molecular complexity index is 1210. The lowest BCUT2D eigenvalue weighted by Crippen LogP contribution is -2.41. The van der Waals surface area contributed by atoms with Gasteiger partial charge in [0.25, 0.3) is 0 Å². The van der Waals surface area contributed by atoms with Crippen LogP contribution in [0.15, 0.2) is 30.5 Å². The minimum atomic E-state index is -0.819. The summed E-state index contributed by atoms with van der Waals surface area (Å²) in [5, 5.41) is 15.6. The number of anilines is 1. The largest absolute Gasteiger partial charge is 0.354 e. The third kappa shape index (κ3) is 3.00. The molecule has 158 valence electrons. The maximum absolute atomic E-state index is 14.0. The van der Waals surface area contributed by atoms with Crippen LogP contribution in [-0.2, 0) is 5.41 Å². The van der Waals surface area contributed by atoms with E-state index in [1.807, 2.05) is 28.8 Å². The number of aryl methyl sites for hydroxylation is 1. The molecule has 1 saturated heterocycles. The first kappa shape index (κ1) is 18.7. The van der Waals surface area contributed by atoms with Gasteiger partial charge in [0.2, 0.25) is 0 Å². The van der Waals surface area contributed by atoms with E-state index >= 15 is 0 Å². The standard InChI is InChI=1S/C24H25FN6/c1-16-28-21(30-8-2-3-19(25)12-30)10-22(29-16)31-20-9-18(5-4-17(20)11-27-31)24(15-26)13-23(14-24)6-7-23/h4-5,9-11,19H,2-3,6-8,12-14H2,1H3. The van der Waals surface area contributed by atoms with E-state index in [1.165, 1.54) is 12.8 Å². The maximum Gasteiger partial charge on any atom is 0.159 e. The SMILES string of the molecule is Cc1nc(N2CCCC(F)C2)cc(-n2ncc3ccc(C4(C#N)CC5(CC5)C4)cc32)n1. The van der Waals surface area contributed by atoms with Crippen LogP contribution < -0.4 is 4.90 Å². The second-order valence-electron chi connectivity index (χ2n) is 9.69. The Morgan fingerprint density at radius 2 is 1.97 bits per heavy atom. The van der Waals surface area contributed by atoms with Gasteiger partial charge >= 0.3 is 0 Å². The van der Waals surface area contributed by atoms with Crippen LogP contribution in [0, 0.1) is 23.7 Å². The van der Waals surface area contributed by atoms with Gasteiger partial charge in [-0.1, -0.05) is 12.1 Å². The topological polar surface area (TPSA) is 70.6 Å². The molecular weight excluding hydrogens is 391 g/mol. The van der Waals surface area contributed by atoms with Crippen LogP contribution in [0.4, 0.5) is 10.2 Å². The number of nitrogens with zero attached hydrogens (tertiary/aromatic N) is 6. The lowest BCUT2D eigenvalue weighted by Gasteiger charge is -2.44. The van der Waals surface area contributed by atoms with Crippen LogP contribution in [0.3, 0.4) is 0 Å². The second kappa shape index (κ2) is 6.49. The van der Waals surface area contributed by atoms with Crippen molar-refractivity contribution in [2.45, 2.75) is 57.0 Å². The van der Waals surface area contributed by atoms with E-state index in [-0.39, 0.29) is 5.41 Å². The predicted octanol–water partition coefficient (Wildman–Crippen LogP) is 4.40. The summed E-state index contributed by atoms with van der Waals surface area (Å²) >= 11 is 0. The molecule has 0 bridgehead atoms. The molecule has 1 aromatic carbocycles. The highest BCUT2D eigenvalue weighted by Gasteiger charge is 2.61. The lowest BCUT2D eigenvalue weighted by molar-refractivity contribution is 0.173. The first-order valence-corrected chi connectivity index (χ1v) is 11.1. The molecule has 1 unspecified atom stereocenters. The zero-order chi connectivity index (χ0) is 21.2. The van der Waals surface area contributed by atoms with Crippen molar-refractivity contribution < 1.29 is 4.39 Å². The molecule has 3 fully saturated rings. The highest BCUT2D eigenvalue weighted by atomic mass is 19.1. The number of halogens is 1. The zero-order valence-electron chi connectivity index (χ0n) is 17.7. The molecule has 0 radical (unpaired) electrons. The van der Waals surface area contributed by atoms with E-state index in [0.717, 1.165) is 48.1 Å². The molecular formula is C24H25FN6. The van der Waals surface area contributed by atoms with E-state index in [0.29, 0.717) is 30.0 Å². The fourth-order valence-corrected chi connectivity index (χ4v) is 5.55. The monoisotopic (exact) mass is 416 g/mol. The molecule has 1 aliphatic heterocycles. The molecule has 2 saturated carbocycles. The Hall–Kier alpha value is -3.01. The fourth-order valence-electron chi connectivity index (χ4n) is 5.55. The third-order valence-corrected chi connectivity index (χ3v) is 7.36. The summed E-state index contributed by atoms with van der Waals surface area (Å²) in [5.74, 6) is 2.05. The highest BCUT2D eigenvalue weighted by Crippen LogP contribution is 2.68. The van der Waals surface area contributed by atoms with Gasteiger partial charge in [-0.3, -0.25) is 0 Å². The average molecular weight is 417 g/mol. The summed E-state index contributed by atoms with van der Waals surface area (Å²) in [5.41, 5.74) is 2.07. The second-order valence-corrected chi connectivity index (χ2v) is 9.69. The summed E-state index contributed by atoms with van der Waals surface area (Å²) in [6.07, 6.45) is 6.90. The Morgan fingerprint density at radius 3 is 2.71 bits per heavy atom. The minimum Gasteiger partial charge on any atom is -0.354 e. The molecule has 0 N–H and O–H groups in total. The van der Waals surface area contributed by atoms with Crippen molar-refractivity contribution >= 4 is 16.7 Å². The molecule has 3 heterocycles. The first-order valence-electron chi connectivity index (χ1n) is 11.1. The summed E-state index contributed by atoms with van der Waals surface area (Å²) < 4.78 is 15.8. The van der Waals surface area contributed by atoms with Gasteiger partial charge in [0, 0.05) is 18.0 Å². The first-order chi connectivity index (χ1) is 15.0. The van der Waals surface area contributed by atoms with Crippen LogP contribution in [0.1, 0.15) is 49.9 Å². The number of hydrogen-bond acceptors (Lipinski definition) is 5. The van der Waals surface area contributed by atoms with E-state index in [4.69, 9.17) is 0 Å². The number of fused-ring (bicyclic) bond motifs is 1. The third-order valence-electron chi connectivity index (χ3n) is 7.36. The fraction of sp³-hybridized carbons (Fsp3) is 0.500. The molecule has 2 aliphatic carbocycles. The van der Waals surface area contributed by atoms with Crippen LogP contribution >= 0.6 is 0 Å². The van der Waals surface area contributed by atoms with Gasteiger partial charge in [0.1, 0.15) is 17.8 Å². The van der Waals surface area contributed by atoms with Crippen LogP contribution in [0.5, 0.6) is 0 Å². The molecule has 6 rings (SSSR count). The number of benzene rings is 1. The average Bonchev–Trinajstić information content (AvgIpc) is 3.42. The van der Waals surface area contributed by atoms with Crippen molar-refractivity contribution in [1.29, 1.82) is 5.26 Å². The highest BCUT2D eigenvalue weighted by molar-refractivity contribution is 5.81. The molecule has 0 amide bonds. The van der Waals surface area contributed by atoms with Crippen LogP contribution in [-0.4, -0.2) is 39.0 Å². The summed E-state index contributed by atoms with van der Waals surface area (Å²) in [6, 6.07) is 10.7. The molecule has 7 heteroatoms. The molecule has 2 aromatic heterocycles. The van der Waals surface area contributed by atoms with Gasteiger partial charge in [0.15, 0.2) is 5.82 Å². The number of hydrogen-bond donors (Lipinski definition) is 0. The smallest absolute Gasteiger partial charge is 0.159 e. The minimum absolute atomic E-state index is 0.367. The Kier molecular flexibility index (Phi) is 3.92. The molecule has 1 atom stereocenters. The van der Waals surface area contributed by atoms with E-state index in [2.05, 4.69) is 39.3 Å².